The number of aryl methyl sites for hydroxylation is 1. The number of hydrogen-bond acceptors (Lipinski definition) is 4. The Bertz CT molecular complexity index is 578. The monoisotopic (exact) mass is 273 g/mol. The van der Waals surface area contributed by atoms with E-state index in [-0.39, 0.29) is 5.97 Å². The predicted octanol–water partition coefficient (Wildman–Crippen LogP) is 2.69. The Morgan fingerprint density at radius 2 is 2.25 bits per heavy atom. The lowest BCUT2D eigenvalue weighted by molar-refractivity contribution is 0.0526. The molecule has 2 rings (SSSR count). The average Bonchev–Trinajstić information content (AvgIpc) is 2.93. The number of rotatable bonds is 6. The summed E-state index contributed by atoms with van der Waals surface area (Å²) in [6.07, 6.45) is 3.65. The van der Waals surface area contributed by atoms with E-state index in [1.165, 1.54) is 0 Å². The minimum absolute atomic E-state index is 0.297. The molecule has 0 unspecified atom stereocenters. The van der Waals surface area contributed by atoms with E-state index in [1.54, 1.807) is 19.1 Å². The minimum Gasteiger partial charge on any atom is -0.462 e. The normalized spacial score (nSPS) is 10.3. The molecule has 1 N–H and O–H groups in total. The summed E-state index contributed by atoms with van der Waals surface area (Å²) in [5.41, 5.74) is 2.55. The highest BCUT2D eigenvalue weighted by molar-refractivity contribution is 5.90. The molecular formula is C15H19N3O2. The van der Waals surface area contributed by atoms with Crippen LogP contribution in [0.25, 0.3) is 0 Å². The lowest BCUT2D eigenvalue weighted by Crippen LogP contribution is -2.08. The Morgan fingerprint density at radius 3 is 3.00 bits per heavy atom. The van der Waals surface area contributed by atoms with Crippen molar-refractivity contribution >= 4 is 11.7 Å². The maximum Gasteiger partial charge on any atom is 0.338 e. The van der Waals surface area contributed by atoms with Gasteiger partial charge < -0.3 is 14.6 Å². The van der Waals surface area contributed by atoms with Crippen LogP contribution in [-0.2, 0) is 17.8 Å². The van der Waals surface area contributed by atoms with Crippen LogP contribution >= 0.6 is 0 Å². The van der Waals surface area contributed by atoms with Gasteiger partial charge in [0.15, 0.2) is 0 Å². The van der Waals surface area contributed by atoms with Gasteiger partial charge in [-0.15, -0.1) is 0 Å². The zero-order valence-corrected chi connectivity index (χ0v) is 11.8. The number of benzene rings is 1. The SMILES string of the molecule is CCOC(=O)c1cccc(NCc2cncn2CC)c1. The van der Waals surface area contributed by atoms with Crippen LogP contribution in [0.1, 0.15) is 29.9 Å². The highest BCUT2D eigenvalue weighted by Crippen LogP contribution is 2.13. The first kappa shape index (κ1) is 14.1. The van der Waals surface area contributed by atoms with Crippen molar-refractivity contribution < 1.29 is 9.53 Å². The number of nitrogens with zero attached hydrogens (tertiary/aromatic N) is 2. The molecule has 0 bridgehead atoms. The summed E-state index contributed by atoms with van der Waals surface area (Å²) in [5, 5.41) is 3.29. The standard InChI is InChI=1S/C15H19N3O2/c1-3-18-11-16-9-14(18)10-17-13-7-5-6-12(8-13)15(19)20-4-2/h5-9,11,17H,3-4,10H2,1-2H3. The molecule has 0 fully saturated rings. The van der Waals surface area contributed by atoms with E-state index in [0.29, 0.717) is 18.7 Å². The number of carbonyl (C=O) groups excluding carboxylic acids is 1. The number of aromatic nitrogens is 2. The van der Waals surface area contributed by atoms with Crippen LogP contribution in [0.5, 0.6) is 0 Å². The summed E-state index contributed by atoms with van der Waals surface area (Å²) in [6, 6.07) is 7.31. The van der Waals surface area contributed by atoms with Crippen LogP contribution in [0, 0.1) is 0 Å². The smallest absolute Gasteiger partial charge is 0.338 e. The van der Waals surface area contributed by atoms with Gasteiger partial charge in [0.1, 0.15) is 0 Å². The first-order valence-electron chi connectivity index (χ1n) is 6.74. The quantitative estimate of drug-likeness (QED) is 0.822. The second kappa shape index (κ2) is 6.75. The van der Waals surface area contributed by atoms with E-state index in [2.05, 4.69) is 21.8 Å². The van der Waals surface area contributed by atoms with Crippen LogP contribution in [0.2, 0.25) is 0 Å². The van der Waals surface area contributed by atoms with Crippen molar-refractivity contribution in [1.29, 1.82) is 0 Å². The Morgan fingerprint density at radius 1 is 1.40 bits per heavy atom. The number of hydrogen-bond donors (Lipinski definition) is 1. The van der Waals surface area contributed by atoms with Crippen molar-refractivity contribution in [2.45, 2.75) is 26.9 Å². The molecule has 5 nitrogen and oxygen atoms in total. The lowest BCUT2D eigenvalue weighted by atomic mass is 10.2. The molecule has 0 amide bonds. The van der Waals surface area contributed by atoms with Crippen molar-refractivity contribution in [1.82, 2.24) is 9.55 Å². The second-order valence-corrected chi connectivity index (χ2v) is 4.33. The van der Waals surface area contributed by atoms with E-state index in [9.17, 15) is 4.79 Å². The first-order chi connectivity index (χ1) is 9.74. The van der Waals surface area contributed by atoms with Gasteiger partial charge in [-0.3, -0.25) is 0 Å². The molecule has 0 spiro atoms. The molecule has 106 valence electrons. The lowest BCUT2D eigenvalue weighted by Gasteiger charge is -2.09. The molecule has 1 aromatic heterocycles. The number of ether oxygens (including phenoxy) is 1. The van der Waals surface area contributed by atoms with Crippen molar-refractivity contribution in [3.05, 3.63) is 48.0 Å². The average molecular weight is 273 g/mol. The Labute approximate surface area is 118 Å². The van der Waals surface area contributed by atoms with Crippen molar-refractivity contribution in [2.75, 3.05) is 11.9 Å². The maximum atomic E-state index is 11.7. The zero-order valence-electron chi connectivity index (χ0n) is 11.8. The highest BCUT2D eigenvalue weighted by Gasteiger charge is 2.07. The van der Waals surface area contributed by atoms with Gasteiger partial charge in [-0.2, -0.15) is 0 Å². The fourth-order valence-corrected chi connectivity index (χ4v) is 1.94. The molecule has 0 aliphatic carbocycles. The van der Waals surface area contributed by atoms with Gasteiger partial charge in [0, 0.05) is 18.4 Å². The van der Waals surface area contributed by atoms with Crippen LogP contribution in [0.3, 0.4) is 0 Å². The zero-order chi connectivity index (χ0) is 14.4. The number of nitrogens with one attached hydrogen (secondary N) is 1. The molecule has 0 aliphatic rings. The minimum atomic E-state index is -0.297. The van der Waals surface area contributed by atoms with Gasteiger partial charge in [-0.25, -0.2) is 9.78 Å². The van der Waals surface area contributed by atoms with Crippen LogP contribution in [-0.4, -0.2) is 22.1 Å². The summed E-state index contributed by atoms with van der Waals surface area (Å²) in [5.74, 6) is -0.297. The fraction of sp³-hybridized carbons (Fsp3) is 0.333. The van der Waals surface area contributed by atoms with E-state index < -0.39 is 0 Å². The van der Waals surface area contributed by atoms with E-state index in [1.807, 2.05) is 24.7 Å². The van der Waals surface area contributed by atoms with E-state index >= 15 is 0 Å². The third kappa shape index (κ3) is 3.38. The van der Waals surface area contributed by atoms with Crippen LogP contribution < -0.4 is 5.32 Å². The molecule has 0 saturated carbocycles. The summed E-state index contributed by atoms with van der Waals surface area (Å²) in [7, 11) is 0. The van der Waals surface area contributed by atoms with Gasteiger partial charge in [0.05, 0.1) is 30.7 Å². The summed E-state index contributed by atoms with van der Waals surface area (Å²) >= 11 is 0. The summed E-state index contributed by atoms with van der Waals surface area (Å²) in [6.45, 7) is 5.81. The molecule has 0 radical (unpaired) electrons. The third-order valence-corrected chi connectivity index (χ3v) is 2.99. The molecular weight excluding hydrogens is 254 g/mol. The summed E-state index contributed by atoms with van der Waals surface area (Å²) < 4.78 is 7.06. The predicted molar refractivity (Wildman–Crippen MR) is 77.6 cm³/mol. The molecule has 1 aromatic carbocycles. The van der Waals surface area contributed by atoms with E-state index in [0.717, 1.165) is 17.9 Å². The van der Waals surface area contributed by atoms with Crippen LogP contribution in [0.4, 0.5) is 5.69 Å². The van der Waals surface area contributed by atoms with Gasteiger partial charge in [0.2, 0.25) is 0 Å². The van der Waals surface area contributed by atoms with Gasteiger partial charge in [-0.1, -0.05) is 6.07 Å². The molecule has 1 heterocycles. The largest absolute Gasteiger partial charge is 0.462 e. The third-order valence-electron chi connectivity index (χ3n) is 2.99. The summed E-state index contributed by atoms with van der Waals surface area (Å²) in [4.78, 5) is 15.8. The molecule has 20 heavy (non-hydrogen) atoms. The number of imidazole rings is 1. The van der Waals surface area contributed by atoms with Gasteiger partial charge >= 0.3 is 5.97 Å². The van der Waals surface area contributed by atoms with Crippen molar-refractivity contribution in [3.8, 4) is 0 Å². The number of carbonyl (C=O) groups is 1. The molecule has 2 aromatic rings. The van der Waals surface area contributed by atoms with Gasteiger partial charge in [0.25, 0.3) is 0 Å². The second-order valence-electron chi connectivity index (χ2n) is 4.33. The van der Waals surface area contributed by atoms with Crippen molar-refractivity contribution in [2.24, 2.45) is 0 Å². The Balaban J connectivity index is 2.03. The van der Waals surface area contributed by atoms with Gasteiger partial charge in [-0.05, 0) is 32.0 Å². The molecule has 0 aliphatic heterocycles. The topological polar surface area (TPSA) is 56.1 Å². The number of esters is 1. The molecule has 0 atom stereocenters. The van der Waals surface area contributed by atoms with Crippen molar-refractivity contribution in [3.63, 3.8) is 0 Å². The fourth-order valence-electron chi connectivity index (χ4n) is 1.94. The highest BCUT2D eigenvalue weighted by atomic mass is 16.5. The maximum absolute atomic E-state index is 11.7. The Hall–Kier alpha value is -2.30. The molecule has 5 heteroatoms. The van der Waals surface area contributed by atoms with E-state index in [4.69, 9.17) is 4.74 Å². The van der Waals surface area contributed by atoms with Crippen LogP contribution in [0.15, 0.2) is 36.8 Å². The molecule has 0 saturated heterocycles. The number of anilines is 1. The Kier molecular flexibility index (Phi) is 4.76. The first-order valence-corrected chi connectivity index (χ1v) is 6.74.